The number of nitrogens with two attached hydrogens (primary N) is 1. The second-order valence-corrected chi connectivity index (χ2v) is 6.36. The fourth-order valence-corrected chi connectivity index (χ4v) is 2.56. The van der Waals surface area contributed by atoms with Gasteiger partial charge in [-0.25, -0.2) is 4.79 Å². The number of anilines is 1. The van der Waals surface area contributed by atoms with Crippen LogP contribution in [0.25, 0.3) is 0 Å². The van der Waals surface area contributed by atoms with Gasteiger partial charge in [-0.2, -0.15) is 0 Å². The molecule has 0 unspecified atom stereocenters. The molecule has 2 amide bonds. The van der Waals surface area contributed by atoms with Crippen molar-refractivity contribution in [2.24, 2.45) is 5.73 Å². The summed E-state index contributed by atoms with van der Waals surface area (Å²) < 4.78 is 10.7. The molecule has 3 N–H and O–H groups in total. The molecule has 0 aromatic heterocycles. The first-order valence-electron chi connectivity index (χ1n) is 9.15. The van der Waals surface area contributed by atoms with Gasteiger partial charge in [-0.15, -0.1) is 0 Å². The lowest BCUT2D eigenvalue weighted by atomic mass is 10.2. The van der Waals surface area contributed by atoms with E-state index in [1.807, 2.05) is 30.3 Å². The maximum atomic E-state index is 12.1. The van der Waals surface area contributed by atoms with Crippen molar-refractivity contribution in [1.29, 1.82) is 0 Å². The van der Waals surface area contributed by atoms with Gasteiger partial charge in [0.05, 0.1) is 5.56 Å². The summed E-state index contributed by atoms with van der Waals surface area (Å²) in [6.45, 7) is -0.0200. The van der Waals surface area contributed by atoms with Gasteiger partial charge in [-0.1, -0.05) is 30.3 Å². The van der Waals surface area contributed by atoms with Crippen molar-refractivity contribution < 1.29 is 23.9 Å². The van der Waals surface area contributed by atoms with Crippen LogP contribution >= 0.6 is 0 Å². The smallest absolute Gasteiger partial charge is 0.338 e. The van der Waals surface area contributed by atoms with Crippen molar-refractivity contribution in [2.45, 2.75) is 6.61 Å². The average molecular weight is 404 g/mol. The van der Waals surface area contributed by atoms with Crippen LogP contribution in [-0.4, -0.2) is 24.4 Å². The maximum Gasteiger partial charge on any atom is 0.338 e. The summed E-state index contributed by atoms with van der Waals surface area (Å²) in [6, 6.07) is 22.3. The number of carbonyl (C=O) groups is 3. The van der Waals surface area contributed by atoms with E-state index in [9.17, 15) is 14.4 Å². The number of hydrogen-bond donors (Lipinski definition) is 2. The fraction of sp³-hybridized carbons (Fsp3) is 0.0870. The lowest BCUT2D eigenvalue weighted by molar-refractivity contribution is -0.119. The molecule has 0 saturated carbocycles. The zero-order valence-electron chi connectivity index (χ0n) is 16.0. The topological polar surface area (TPSA) is 108 Å². The van der Waals surface area contributed by atoms with Gasteiger partial charge in [0.15, 0.2) is 6.61 Å². The van der Waals surface area contributed by atoms with Crippen LogP contribution in [0.4, 0.5) is 5.69 Å². The number of amides is 2. The van der Waals surface area contributed by atoms with Crippen LogP contribution in [0.5, 0.6) is 5.75 Å². The van der Waals surface area contributed by atoms with Crippen molar-refractivity contribution in [3.05, 3.63) is 95.6 Å². The Morgan fingerprint density at radius 2 is 1.43 bits per heavy atom. The minimum atomic E-state index is -0.621. The molecule has 0 radical (unpaired) electrons. The number of nitrogens with one attached hydrogen (secondary N) is 1. The molecule has 0 atom stereocenters. The van der Waals surface area contributed by atoms with Gasteiger partial charge < -0.3 is 20.5 Å². The number of benzene rings is 3. The minimum absolute atomic E-state index is 0.306. The molecule has 7 heteroatoms. The van der Waals surface area contributed by atoms with Gasteiger partial charge in [-0.05, 0) is 54.1 Å². The summed E-state index contributed by atoms with van der Waals surface area (Å²) >= 11 is 0. The molecule has 0 spiro atoms. The monoisotopic (exact) mass is 404 g/mol. The fourth-order valence-electron chi connectivity index (χ4n) is 2.56. The number of primary amides is 1. The van der Waals surface area contributed by atoms with Crippen LogP contribution in [-0.2, 0) is 16.1 Å². The number of rotatable bonds is 8. The summed E-state index contributed by atoms with van der Waals surface area (Å²) in [6.07, 6.45) is 0. The Morgan fingerprint density at radius 1 is 0.800 bits per heavy atom. The van der Waals surface area contributed by atoms with Crippen LogP contribution in [0.15, 0.2) is 78.9 Å². The number of ether oxygens (including phenoxy) is 2. The second kappa shape index (κ2) is 9.88. The van der Waals surface area contributed by atoms with E-state index in [-0.39, 0.29) is 0 Å². The lowest BCUT2D eigenvalue weighted by Gasteiger charge is -2.08. The van der Waals surface area contributed by atoms with Crippen LogP contribution in [0.2, 0.25) is 0 Å². The van der Waals surface area contributed by atoms with Crippen LogP contribution < -0.4 is 15.8 Å². The van der Waals surface area contributed by atoms with Gasteiger partial charge in [0.2, 0.25) is 5.91 Å². The summed E-state index contributed by atoms with van der Waals surface area (Å²) in [5.74, 6) is -1.06. The van der Waals surface area contributed by atoms with Gasteiger partial charge >= 0.3 is 5.97 Å². The van der Waals surface area contributed by atoms with E-state index in [1.165, 1.54) is 24.3 Å². The summed E-state index contributed by atoms with van der Waals surface area (Å²) in [5, 5.41) is 2.57. The molecule has 30 heavy (non-hydrogen) atoms. The summed E-state index contributed by atoms with van der Waals surface area (Å²) in [7, 11) is 0. The van der Waals surface area contributed by atoms with E-state index in [0.29, 0.717) is 29.2 Å². The standard InChI is InChI=1S/C23H20N2O5/c24-22(27)17-6-10-19(11-7-17)25-21(26)15-30-23(28)18-8-12-20(13-9-18)29-14-16-4-2-1-3-5-16/h1-13H,14-15H2,(H2,24,27)(H,25,26). The predicted octanol–water partition coefficient (Wildman–Crippen LogP) is 3.16. The van der Waals surface area contributed by atoms with Gasteiger partial charge in [0, 0.05) is 11.3 Å². The Balaban J connectivity index is 1.45. The Hall–Kier alpha value is -4.13. The molecule has 3 aromatic carbocycles. The summed E-state index contributed by atoms with van der Waals surface area (Å²) in [4.78, 5) is 35.1. The van der Waals surface area contributed by atoms with Crippen LogP contribution in [0.1, 0.15) is 26.3 Å². The highest BCUT2D eigenvalue weighted by Gasteiger charge is 2.11. The first-order valence-corrected chi connectivity index (χ1v) is 9.15. The van der Waals surface area contributed by atoms with E-state index in [1.54, 1.807) is 24.3 Å². The van der Waals surface area contributed by atoms with Crippen molar-refractivity contribution in [1.82, 2.24) is 0 Å². The van der Waals surface area contributed by atoms with Crippen molar-refractivity contribution >= 4 is 23.5 Å². The Morgan fingerprint density at radius 3 is 2.07 bits per heavy atom. The molecule has 0 aliphatic carbocycles. The molecule has 0 aliphatic rings. The first-order chi connectivity index (χ1) is 14.5. The molecular formula is C23H20N2O5. The molecule has 0 saturated heterocycles. The average Bonchev–Trinajstić information content (AvgIpc) is 2.77. The van der Waals surface area contributed by atoms with Gasteiger partial charge in [0.1, 0.15) is 12.4 Å². The highest BCUT2D eigenvalue weighted by atomic mass is 16.5. The molecule has 152 valence electrons. The summed E-state index contributed by atoms with van der Waals surface area (Å²) in [5.41, 5.74) is 7.30. The van der Waals surface area contributed by atoms with E-state index in [0.717, 1.165) is 5.56 Å². The van der Waals surface area contributed by atoms with Gasteiger partial charge in [-0.3, -0.25) is 9.59 Å². The molecule has 3 rings (SSSR count). The molecule has 0 fully saturated rings. The maximum absolute atomic E-state index is 12.1. The molecule has 0 bridgehead atoms. The van der Waals surface area contributed by atoms with E-state index >= 15 is 0 Å². The molecule has 3 aromatic rings. The number of esters is 1. The number of hydrogen-bond acceptors (Lipinski definition) is 5. The first kappa shape index (κ1) is 20.6. The minimum Gasteiger partial charge on any atom is -0.489 e. The van der Waals surface area contributed by atoms with Crippen LogP contribution in [0.3, 0.4) is 0 Å². The highest BCUT2D eigenvalue weighted by molar-refractivity contribution is 5.96. The largest absolute Gasteiger partial charge is 0.489 e. The molecule has 0 heterocycles. The molecular weight excluding hydrogens is 384 g/mol. The third kappa shape index (κ3) is 5.93. The van der Waals surface area contributed by atoms with Crippen molar-refractivity contribution in [3.8, 4) is 5.75 Å². The third-order valence-corrected chi connectivity index (χ3v) is 4.13. The van der Waals surface area contributed by atoms with Crippen LogP contribution in [0, 0.1) is 0 Å². The van der Waals surface area contributed by atoms with Crippen molar-refractivity contribution in [3.63, 3.8) is 0 Å². The predicted molar refractivity (Wildman–Crippen MR) is 111 cm³/mol. The zero-order chi connectivity index (χ0) is 21.3. The van der Waals surface area contributed by atoms with Crippen molar-refractivity contribution in [2.75, 3.05) is 11.9 Å². The molecule has 7 nitrogen and oxygen atoms in total. The number of carbonyl (C=O) groups excluding carboxylic acids is 3. The second-order valence-electron chi connectivity index (χ2n) is 6.36. The van der Waals surface area contributed by atoms with E-state index in [2.05, 4.69) is 5.32 Å². The van der Waals surface area contributed by atoms with E-state index < -0.39 is 24.4 Å². The Kier molecular flexibility index (Phi) is 6.78. The Labute approximate surface area is 173 Å². The highest BCUT2D eigenvalue weighted by Crippen LogP contribution is 2.15. The quantitative estimate of drug-likeness (QED) is 0.561. The lowest BCUT2D eigenvalue weighted by Crippen LogP contribution is -2.21. The SMILES string of the molecule is NC(=O)c1ccc(NC(=O)COC(=O)c2ccc(OCc3ccccc3)cc2)cc1. The van der Waals surface area contributed by atoms with E-state index in [4.69, 9.17) is 15.2 Å². The molecule has 0 aliphatic heterocycles. The normalized spacial score (nSPS) is 10.1. The van der Waals surface area contributed by atoms with Gasteiger partial charge in [0.25, 0.3) is 5.91 Å². The third-order valence-electron chi connectivity index (χ3n) is 4.13. The Bertz CT molecular complexity index is 1020. The zero-order valence-corrected chi connectivity index (χ0v) is 16.0.